The van der Waals surface area contributed by atoms with Crippen molar-refractivity contribution in [1.29, 1.82) is 0 Å². The van der Waals surface area contributed by atoms with Crippen LogP contribution in [0.3, 0.4) is 0 Å². The summed E-state index contributed by atoms with van der Waals surface area (Å²) in [6, 6.07) is 5.55. The van der Waals surface area contributed by atoms with Crippen LogP contribution in [0.1, 0.15) is 35.7 Å². The molecule has 1 aromatic rings. The van der Waals surface area contributed by atoms with Crippen molar-refractivity contribution in [3.63, 3.8) is 0 Å². The van der Waals surface area contributed by atoms with Crippen molar-refractivity contribution in [2.75, 3.05) is 27.3 Å². The standard InChI is InChI=1S/C16H23NO3/c1-16(20-3)7-4-8-17(12-16)10-14-9-13(11-18)5-6-15(14)19-2/h5-6,9,11H,4,7-8,10,12H2,1-3H3. The van der Waals surface area contributed by atoms with Crippen LogP contribution in [-0.4, -0.2) is 44.1 Å². The molecule has 0 saturated carbocycles. The monoisotopic (exact) mass is 277 g/mol. The first-order chi connectivity index (χ1) is 9.60. The molecule has 4 heteroatoms. The molecule has 0 N–H and O–H groups in total. The van der Waals surface area contributed by atoms with E-state index < -0.39 is 0 Å². The molecular weight excluding hydrogens is 254 g/mol. The molecule has 2 rings (SSSR count). The molecule has 0 aliphatic carbocycles. The van der Waals surface area contributed by atoms with Gasteiger partial charge in [-0.3, -0.25) is 9.69 Å². The van der Waals surface area contributed by atoms with Gasteiger partial charge in [-0.05, 0) is 44.5 Å². The number of ether oxygens (including phenoxy) is 2. The van der Waals surface area contributed by atoms with Gasteiger partial charge in [-0.15, -0.1) is 0 Å². The van der Waals surface area contributed by atoms with E-state index >= 15 is 0 Å². The summed E-state index contributed by atoms with van der Waals surface area (Å²) in [4.78, 5) is 13.3. The Morgan fingerprint density at radius 1 is 1.40 bits per heavy atom. The van der Waals surface area contributed by atoms with Crippen LogP contribution in [0.5, 0.6) is 5.75 Å². The zero-order valence-electron chi connectivity index (χ0n) is 12.5. The predicted molar refractivity (Wildman–Crippen MR) is 78.3 cm³/mol. The Labute approximate surface area is 120 Å². The van der Waals surface area contributed by atoms with Crippen LogP contribution < -0.4 is 4.74 Å². The first-order valence-electron chi connectivity index (χ1n) is 7.00. The fourth-order valence-corrected chi connectivity index (χ4v) is 2.85. The molecular formula is C16H23NO3. The molecule has 1 atom stereocenters. The van der Waals surface area contributed by atoms with Crippen molar-refractivity contribution in [3.8, 4) is 5.75 Å². The number of rotatable bonds is 5. The molecule has 0 radical (unpaired) electrons. The highest BCUT2D eigenvalue weighted by Gasteiger charge is 2.30. The fraction of sp³-hybridized carbons (Fsp3) is 0.562. The van der Waals surface area contributed by atoms with Crippen molar-refractivity contribution in [2.45, 2.75) is 31.9 Å². The van der Waals surface area contributed by atoms with Gasteiger partial charge in [-0.2, -0.15) is 0 Å². The smallest absolute Gasteiger partial charge is 0.150 e. The van der Waals surface area contributed by atoms with Crippen molar-refractivity contribution < 1.29 is 14.3 Å². The van der Waals surface area contributed by atoms with Gasteiger partial charge in [-0.1, -0.05) is 0 Å². The second-order valence-electron chi connectivity index (χ2n) is 5.66. The van der Waals surface area contributed by atoms with Crippen molar-refractivity contribution in [2.24, 2.45) is 0 Å². The summed E-state index contributed by atoms with van der Waals surface area (Å²) in [5.74, 6) is 0.834. The number of likely N-dealkylation sites (tertiary alicyclic amines) is 1. The lowest BCUT2D eigenvalue weighted by molar-refractivity contribution is -0.0528. The van der Waals surface area contributed by atoms with Crippen LogP contribution in [0.4, 0.5) is 0 Å². The molecule has 110 valence electrons. The molecule has 20 heavy (non-hydrogen) atoms. The van der Waals surface area contributed by atoms with E-state index in [4.69, 9.17) is 9.47 Å². The molecule has 0 amide bonds. The predicted octanol–water partition coefficient (Wildman–Crippen LogP) is 2.51. The third kappa shape index (κ3) is 3.38. The van der Waals surface area contributed by atoms with Crippen LogP contribution in [0, 0.1) is 0 Å². The number of hydrogen-bond donors (Lipinski definition) is 0. The molecule has 1 aromatic carbocycles. The van der Waals surface area contributed by atoms with E-state index in [0.717, 1.165) is 50.1 Å². The van der Waals surface area contributed by atoms with Gasteiger partial charge in [0, 0.05) is 31.3 Å². The zero-order valence-corrected chi connectivity index (χ0v) is 12.5. The fourth-order valence-electron chi connectivity index (χ4n) is 2.85. The molecule has 1 fully saturated rings. The molecule has 1 heterocycles. The van der Waals surface area contributed by atoms with Crippen LogP contribution in [0.15, 0.2) is 18.2 Å². The van der Waals surface area contributed by atoms with Crippen molar-refractivity contribution in [1.82, 2.24) is 4.90 Å². The van der Waals surface area contributed by atoms with Crippen molar-refractivity contribution >= 4 is 6.29 Å². The minimum Gasteiger partial charge on any atom is -0.496 e. The summed E-state index contributed by atoms with van der Waals surface area (Å²) in [5.41, 5.74) is 1.66. The Balaban J connectivity index is 2.14. The number of carbonyl (C=O) groups is 1. The third-order valence-corrected chi connectivity index (χ3v) is 4.07. The van der Waals surface area contributed by atoms with Gasteiger partial charge >= 0.3 is 0 Å². The Morgan fingerprint density at radius 2 is 2.20 bits per heavy atom. The van der Waals surface area contributed by atoms with Gasteiger partial charge in [0.1, 0.15) is 12.0 Å². The molecule has 1 aliphatic heterocycles. The highest BCUT2D eigenvalue weighted by atomic mass is 16.5. The molecule has 0 spiro atoms. The second-order valence-corrected chi connectivity index (χ2v) is 5.66. The van der Waals surface area contributed by atoms with E-state index in [1.165, 1.54) is 0 Å². The van der Waals surface area contributed by atoms with Crippen LogP contribution >= 0.6 is 0 Å². The van der Waals surface area contributed by atoms with Crippen LogP contribution in [0.25, 0.3) is 0 Å². The number of hydrogen-bond acceptors (Lipinski definition) is 4. The van der Waals surface area contributed by atoms with E-state index in [2.05, 4.69) is 11.8 Å². The van der Waals surface area contributed by atoms with E-state index in [1.54, 1.807) is 20.3 Å². The Kier molecular flexibility index (Phi) is 4.78. The number of aldehydes is 1. The maximum Gasteiger partial charge on any atom is 0.150 e. The third-order valence-electron chi connectivity index (χ3n) is 4.07. The van der Waals surface area contributed by atoms with E-state index in [-0.39, 0.29) is 5.60 Å². The van der Waals surface area contributed by atoms with E-state index in [1.807, 2.05) is 12.1 Å². The largest absolute Gasteiger partial charge is 0.496 e. The van der Waals surface area contributed by atoms with Crippen LogP contribution in [0.2, 0.25) is 0 Å². The molecule has 0 aromatic heterocycles. The first kappa shape index (κ1) is 15.0. The minimum absolute atomic E-state index is 0.0756. The lowest BCUT2D eigenvalue weighted by Gasteiger charge is -2.39. The summed E-state index contributed by atoms with van der Waals surface area (Å²) < 4.78 is 11.0. The Hall–Kier alpha value is -1.39. The average Bonchev–Trinajstić information content (AvgIpc) is 2.47. The summed E-state index contributed by atoms with van der Waals surface area (Å²) in [5, 5.41) is 0. The molecule has 1 aliphatic rings. The molecule has 4 nitrogen and oxygen atoms in total. The highest BCUT2D eigenvalue weighted by molar-refractivity contribution is 5.75. The molecule has 1 saturated heterocycles. The summed E-state index contributed by atoms with van der Waals surface area (Å²) in [7, 11) is 3.44. The van der Waals surface area contributed by atoms with Gasteiger partial charge in [0.2, 0.25) is 0 Å². The Morgan fingerprint density at radius 3 is 2.85 bits per heavy atom. The number of carbonyl (C=O) groups excluding carboxylic acids is 1. The SMILES string of the molecule is COc1ccc(C=O)cc1CN1CCCC(C)(OC)C1. The van der Waals surface area contributed by atoms with Gasteiger partial charge in [0.25, 0.3) is 0 Å². The number of nitrogens with zero attached hydrogens (tertiary/aromatic N) is 1. The number of methoxy groups -OCH3 is 2. The lowest BCUT2D eigenvalue weighted by Crippen LogP contribution is -2.46. The van der Waals surface area contributed by atoms with E-state index in [0.29, 0.717) is 5.56 Å². The second kappa shape index (κ2) is 6.37. The van der Waals surface area contributed by atoms with Gasteiger partial charge in [0.15, 0.2) is 0 Å². The first-order valence-corrected chi connectivity index (χ1v) is 7.00. The van der Waals surface area contributed by atoms with Crippen LogP contribution in [-0.2, 0) is 11.3 Å². The van der Waals surface area contributed by atoms with Gasteiger partial charge < -0.3 is 9.47 Å². The summed E-state index contributed by atoms with van der Waals surface area (Å²) in [6.07, 6.45) is 3.09. The molecule has 1 unspecified atom stereocenters. The van der Waals surface area contributed by atoms with E-state index in [9.17, 15) is 4.79 Å². The lowest BCUT2D eigenvalue weighted by atomic mass is 9.94. The summed E-state index contributed by atoms with van der Waals surface area (Å²) in [6.45, 7) is 4.88. The quantitative estimate of drug-likeness (QED) is 0.775. The normalized spacial score (nSPS) is 23.6. The average molecular weight is 277 g/mol. The zero-order chi connectivity index (χ0) is 14.6. The topological polar surface area (TPSA) is 38.8 Å². The number of benzene rings is 1. The van der Waals surface area contributed by atoms with Gasteiger partial charge in [-0.25, -0.2) is 0 Å². The van der Waals surface area contributed by atoms with Crippen molar-refractivity contribution in [3.05, 3.63) is 29.3 Å². The maximum absolute atomic E-state index is 10.9. The molecule has 0 bridgehead atoms. The minimum atomic E-state index is -0.0756. The number of piperidine rings is 1. The van der Waals surface area contributed by atoms with Gasteiger partial charge in [0.05, 0.1) is 12.7 Å². The highest BCUT2D eigenvalue weighted by Crippen LogP contribution is 2.27. The summed E-state index contributed by atoms with van der Waals surface area (Å²) >= 11 is 0. The maximum atomic E-state index is 10.9. The Bertz CT molecular complexity index is 475.